The van der Waals surface area contributed by atoms with E-state index in [0.29, 0.717) is 18.1 Å². The first-order valence-electron chi connectivity index (χ1n) is 10.4. The Labute approximate surface area is 176 Å². The molecule has 160 valence electrons. The van der Waals surface area contributed by atoms with Crippen molar-refractivity contribution in [1.29, 1.82) is 0 Å². The Balaban J connectivity index is 2.50. The van der Waals surface area contributed by atoms with Crippen LogP contribution < -0.4 is 4.74 Å². The molecule has 0 amide bonds. The van der Waals surface area contributed by atoms with Crippen LogP contribution in [0, 0.1) is 6.92 Å². The Kier molecular flexibility index (Phi) is 6.05. The summed E-state index contributed by atoms with van der Waals surface area (Å²) in [6.07, 6.45) is 0. The predicted molar refractivity (Wildman–Crippen MR) is 121 cm³/mol. The molecule has 0 aliphatic rings. The van der Waals surface area contributed by atoms with E-state index < -0.39 is 0 Å². The summed E-state index contributed by atoms with van der Waals surface area (Å²) in [7, 11) is 0. The maximum atomic E-state index is 11.2. The number of hydrogen-bond acceptors (Lipinski definition) is 3. The van der Waals surface area contributed by atoms with Crippen LogP contribution in [0.1, 0.15) is 90.1 Å². The molecular formula is C26H38O3. The summed E-state index contributed by atoms with van der Waals surface area (Å²) in [6.45, 7) is 21.4. The van der Waals surface area contributed by atoms with E-state index in [1.165, 1.54) is 0 Å². The molecule has 29 heavy (non-hydrogen) atoms. The molecule has 0 spiro atoms. The molecule has 0 saturated heterocycles. The van der Waals surface area contributed by atoms with Crippen LogP contribution in [-0.4, -0.2) is 10.2 Å². The molecule has 2 rings (SSSR count). The predicted octanol–water partition coefficient (Wildman–Crippen LogP) is 6.88. The zero-order valence-electron chi connectivity index (χ0n) is 19.8. The van der Waals surface area contributed by atoms with Crippen LogP contribution in [0.4, 0.5) is 0 Å². The molecular weight excluding hydrogens is 360 g/mol. The van der Waals surface area contributed by atoms with Gasteiger partial charge >= 0.3 is 0 Å². The van der Waals surface area contributed by atoms with E-state index in [1.807, 2.05) is 6.07 Å². The Morgan fingerprint density at radius 3 is 1.79 bits per heavy atom. The summed E-state index contributed by atoms with van der Waals surface area (Å²) in [5.74, 6) is 1.37. The van der Waals surface area contributed by atoms with E-state index in [-0.39, 0.29) is 22.0 Å². The first-order chi connectivity index (χ1) is 13.0. The number of phenols is 2. The van der Waals surface area contributed by atoms with Gasteiger partial charge in [-0.2, -0.15) is 0 Å². The van der Waals surface area contributed by atoms with Crippen LogP contribution in [0.15, 0.2) is 24.3 Å². The van der Waals surface area contributed by atoms with Crippen molar-refractivity contribution in [2.75, 3.05) is 0 Å². The average molecular weight is 399 g/mol. The third-order valence-electron chi connectivity index (χ3n) is 5.35. The van der Waals surface area contributed by atoms with Crippen molar-refractivity contribution in [2.24, 2.45) is 0 Å². The molecule has 2 aromatic carbocycles. The number of phenolic OH excluding ortho intramolecular Hbond substituents is 2. The topological polar surface area (TPSA) is 49.7 Å². The van der Waals surface area contributed by atoms with Gasteiger partial charge in [-0.15, -0.1) is 0 Å². The Morgan fingerprint density at radius 1 is 0.759 bits per heavy atom. The monoisotopic (exact) mass is 398 g/mol. The fourth-order valence-corrected chi connectivity index (χ4v) is 3.77. The Bertz CT molecular complexity index is 888. The van der Waals surface area contributed by atoms with Crippen LogP contribution in [0.25, 0.3) is 0 Å². The Hall–Kier alpha value is -2.16. The van der Waals surface area contributed by atoms with E-state index in [2.05, 4.69) is 75.3 Å². The normalized spacial score (nSPS) is 12.9. The number of rotatable bonds is 3. The highest BCUT2D eigenvalue weighted by Gasteiger charge is 2.30. The van der Waals surface area contributed by atoms with Gasteiger partial charge in [-0.05, 0) is 58.1 Å². The van der Waals surface area contributed by atoms with Gasteiger partial charge < -0.3 is 14.9 Å². The van der Waals surface area contributed by atoms with E-state index in [9.17, 15) is 10.2 Å². The summed E-state index contributed by atoms with van der Waals surface area (Å²) >= 11 is 0. The lowest BCUT2D eigenvalue weighted by atomic mass is 9.76. The standard InChI is InChI=1S/C26H38O3/c1-16-13-20(25(5,6)7)23(28)22(26(8,9)10)18(16)15-29-17-11-12-21(27)19(14-17)24(2,3)4/h11-14,27-28H,15H2,1-10H3. The minimum Gasteiger partial charge on any atom is -0.508 e. The number of aryl methyl sites for hydroxylation is 1. The van der Waals surface area contributed by atoms with Crippen LogP contribution in [0.5, 0.6) is 17.2 Å². The van der Waals surface area contributed by atoms with Crippen molar-refractivity contribution < 1.29 is 14.9 Å². The molecule has 0 bridgehead atoms. The van der Waals surface area contributed by atoms with E-state index in [1.54, 1.807) is 12.1 Å². The van der Waals surface area contributed by atoms with Crippen LogP contribution >= 0.6 is 0 Å². The third kappa shape index (κ3) is 5.07. The lowest BCUT2D eigenvalue weighted by Gasteiger charge is -2.31. The molecule has 0 atom stereocenters. The highest BCUT2D eigenvalue weighted by atomic mass is 16.5. The van der Waals surface area contributed by atoms with E-state index in [4.69, 9.17) is 4.74 Å². The van der Waals surface area contributed by atoms with Crippen molar-refractivity contribution >= 4 is 0 Å². The fraction of sp³-hybridized carbons (Fsp3) is 0.538. The summed E-state index contributed by atoms with van der Waals surface area (Å²) in [5, 5.41) is 21.4. The first-order valence-corrected chi connectivity index (χ1v) is 10.4. The van der Waals surface area contributed by atoms with Crippen molar-refractivity contribution in [1.82, 2.24) is 0 Å². The first kappa shape index (κ1) is 23.1. The molecule has 0 aliphatic carbocycles. The van der Waals surface area contributed by atoms with Crippen molar-refractivity contribution in [2.45, 2.75) is 92.1 Å². The zero-order chi connectivity index (χ0) is 22.4. The van der Waals surface area contributed by atoms with Gasteiger partial charge in [0.05, 0.1) is 0 Å². The van der Waals surface area contributed by atoms with Crippen LogP contribution in [0.3, 0.4) is 0 Å². The fourth-order valence-electron chi connectivity index (χ4n) is 3.77. The molecule has 2 N–H and O–H groups in total. The van der Waals surface area contributed by atoms with Crippen molar-refractivity contribution in [3.8, 4) is 17.2 Å². The number of ether oxygens (including phenoxy) is 1. The second-order valence-corrected chi connectivity index (χ2v) is 11.2. The maximum absolute atomic E-state index is 11.2. The van der Waals surface area contributed by atoms with Gasteiger partial charge in [0.15, 0.2) is 0 Å². The third-order valence-corrected chi connectivity index (χ3v) is 5.35. The van der Waals surface area contributed by atoms with Crippen LogP contribution in [-0.2, 0) is 22.9 Å². The molecule has 2 aromatic rings. The summed E-state index contributed by atoms with van der Waals surface area (Å²) in [6, 6.07) is 7.47. The molecule has 3 heteroatoms. The summed E-state index contributed by atoms with van der Waals surface area (Å²) < 4.78 is 6.16. The molecule has 3 nitrogen and oxygen atoms in total. The lowest BCUT2D eigenvalue weighted by Crippen LogP contribution is -2.21. The smallest absolute Gasteiger partial charge is 0.123 e. The molecule has 0 aliphatic heterocycles. The average Bonchev–Trinajstić information content (AvgIpc) is 2.53. The second-order valence-electron chi connectivity index (χ2n) is 11.2. The van der Waals surface area contributed by atoms with Crippen molar-refractivity contribution in [3.05, 3.63) is 52.1 Å². The quantitative estimate of drug-likeness (QED) is 0.592. The lowest BCUT2D eigenvalue weighted by molar-refractivity contribution is 0.297. The Morgan fingerprint density at radius 2 is 1.31 bits per heavy atom. The highest BCUT2D eigenvalue weighted by molar-refractivity contribution is 5.55. The molecule has 0 unspecified atom stereocenters. The van der Waals surface area contributed by atoms with Gasteiger partial charge in [-0.3, -0.25) is 0 Å². The molecule has 0 heterocycles. The zero-order valence-corrected chi connectivity index (χ0v) is 19.8. The molecule has 0 radical (unpaired) electrons. The maximum Gasteiger partial charge on any atom is 0.123 e. The van der Waals surface area contributed by atoms with E-state index in [0.717, 1.165) is 27.8 Å². The molecule has 0 aromatic heterocycles. The minimum atomic E-state index is -0.222. The second kappa shape index (κ2) is 7.59. The SMILES string of the molecule is Cc1cc(C(C)(C)C)c(O)c(C(C)(C)C)c1COc1ccc(O)c(C(C)(C)C)c1. The van der Waals surface area contributed by atoms with Gasteiger partial charge in [-0.25, -0.2) is 0 Å². The number of aromatic hydroxyl groups is 2. The number of benzene rings is 2. The van der Waals surface area contributed by atoms with Gasteiger partial charge in [0.2, 0.25) is 0 Å². The largest absolute Gasteiger partial charge is 0.508 e. The summed E-state index contributed by atoms with van der Waals surface area (Å²) in [4.78, 5) is 0. The van der Waals surface area contributed by atoms with Crippen molar-refractivity contribution in [3.63, 3.8) is 0 Å². The minimum absolute atomic E-state index is 0.146. The van der Waals surface area contributed by atoms with Gasteiger partial charge in [0, 0.05) is 11.1 Å². The van der Waals surface area contributed by atoms with Gasteiger partial charge in [-0.1, -0.05) is 68.4 Å². The molecule has 0 saturated carbocycles. The van der Waals surface area contributed by atoms with Gasteiger partial charge in [0.25, 0.3) is 0 Å². The van der Waals surface area contributed by atoms with Gasteiger partial charge in [0.1, 0.15) is 23.9 Å². The van der Waals surface area contributed by atoms with E-state index >= 15 is 0 Å². The highest BCUT2D eigenvalue weighted by Crippen LogP contribution is 2.43. The summed E-state index contributed by atoms with van der Waals surface area (Å²) in [5.41, 5.74) is 4.35. The van der Waals surface area contributed by atoms with Crippen LogP contribution in [0.2, 0.25) is 0 Å². The number of hydrogen-bond donors (Lipinski definition) is 2. The molecule has 0 fully saturated rings.